The summed E-state index contributed by atoms with van der Waals surface area (Å²) in [5.74, 6) is 0.136. The largest absolute Gasteiger partial charge is 0.397 e. The van der Waals surface area contributed by atoms with E-state index in [1.54, 1.807) is 12.1 Å². The molecule has 0 bridgehead atoms. The maximum atomic E-state index is 13.9. The summed E-state index contributed by atoms with van der Waals surface area (Å²) in [6.45, 7) is 0. The Morgan fingerprint density at radius 3 is 2.62 bits per heavy atom. The summed E-state index contributed by atoms with van der Waals surface area (Å²) >= 11 is 6.08. The van der Waals surface area contributed by atoms with Crippen LogP contribution in [-0.2, 0) is 0 Å². The van der Waals surface area contributed by atoms with Crippen molar-refractivity contribution < 1.29 is 4.39 Å². The van der Waals surface area contributed by atoms with Crippen LogP contribution in [0.3, 0.4) is 0 Å². The lowest BCUT2D eigenvalue weighted by molar-refractivity contribution is 0.553. The molecule has 1 nitrogen and oxygen atoms in total. The topological polar surface area (TPSA) is 26.0 Å². The van der Waals surface area contributed by atoms with Crippen LogP contribution in [0.4, 0.5) is 10.1 Å². The van der Waals surface area contributed by atoms with Gasteiger partial charge in [-0.25, -0.2) is 4.39 Å². The molecule has 21 heavy (non-hydrogen) atoms. The Hall–Kier alpha value is -1.80. The second-order valence-corrected chi connectivity index (χ2v) is 5.83. The first-order valence-corrected chi connectivity index (χ1v) is 7.52. The number of benzene rings is 2. The number of hydrogen-bond donors (Lipinski definition) is 1. The first-order valence-electron chi connectivity index (χ1n) is 7.14. The van der Waals surface area contributed by atoms with Gasteiger partial charge in [0, 0.05) is 5.56 Å². The van der Waals surface area contributed by atoms with Gasteiger partial charge in [-0.15, -0.1) is 0 Å². The molecule has 3 heteroatoms. The second-order valence-electron chi connectivity index (χ2n) is 5.42. The maximum absolute atomic E-state index is 13.9. The summed E-state index contributed by atoms with van der Waals surface area (Å²) in [5, 5.41) is 0.588. The van der Waals surface area contributed by atoms with E-state index in [-0.39, 0.29) is 11.7 Å². The molecular formula is C18H17ClFN. The molecule has 1 atom stereocenters. The Morgan fingerprint density at radius 1 is 1.10 bits per heavy atom. The standard InChI is InChI=1S/C18H17ClFN/c19-16-6-3-5-15(18(16)21)13-10-8-12(9-11-13)14-4-1-2-7-17(14)20/h1-7,10,12H,8-9,11,21H2. The maximum Gasteiger partial charge on any atom is 0.126 e. The molecule has 0 spiro atoms. The van der Waals surface area contributed by atoms with E-state index in [0.29, 0.717) is 10.7 Å². The zero-order valence-electron chi connectivity index (χ0n) is 11.7. The van der Waals surface area contributed by atoms with Crippen molar-refractivity contribution in [2.45, 2.75) is 25.2 Å². The third-order valence-corrected chi connectivity index (χ3v) is 4.48. The number of nitrogen functional groups attached to an aromatic ring is 1. The fourth-order valence-corrected chi connectivity index (χ4v) is 3.16. The summed E-state index contributed by atoms with van der Waals surface area (Å²) in [4.78, 5) is 0. The highest BCUT2D eigenvalue weighted by Crippen LogP contribution is 2.39. The molecule has 1 aliphatic rings. The SMILES string of the molecule is Nc1c(Cl)cccc1C1=CCC(c2ccccc2F)CC1. The lowest BCUT2D eigenvalue weighted by Crippen LogP contribution is -2.07. The predicted molar refractivity (Wildman–Crippen MR) is 86.8 cm³/mol. The molecule has 0 radical (unpaired) electrons. The van der Waals surface area contributed by atoms with E-state index >= 15 is 0 Å². The lowest BCUT2D eigenvalue weighted by Gasteiger charge is -2.23. The van der Waals surface area contributed by atoms with E-state index in [9.17, 15) is 4.39 Å². The Morgan fingerprint density at radius 2 is 1.90 bits per heavy atom. The fraction of sp³-hybridized carbons (Fsp3) is 0.222. The first kappa shape index (κ1) is 14.2. The fourth-order valence-electron chi connectivity index (χ4n) is 2.98. The minimum Gasteiger partial charge on any atom is -0.397 e. The van der Waals surface area contributed by atoms with Crippen molar-refractivity contribution in [2.75, 3.05) is 5.73 Å². The van der Waals surface area contributed by atoms with E-state index in [1.807, 2.05) is 24.3 Å². The van der Waals surface area contributed by atoms with E-state index in [0.717, 1.165) is 30.4 Å². The molecule has 1 unspecified atom stereocenters. The van der Waals surface area contributed by atoms with E-state index in [4.69, 9.17) is 17.3 Å². The predicted octanol–water partition coefficient (Wildman–Crippen LogP) is 5.41. The van der Waals surface area contributed by atoms with Crippen LogP contribution < -0.4 is 5.73 Å². The number of anilines is 1. The van der Waals surface area contributed by atoms with Gasteiger partial charge < -0.3 is 5.73 Å². The lowest BCUT2D eigenvalue weighted by atomic mass is 9.82. The minimum absolute atomic E-state index is 0.110. The first-order chi connectivity index (χ1) is 10.2. The van der Waals surface area contributed by atoms with Crippen molar-refractivity contribution >= 4 is 22.9 Å². The third-order valence-electron chi connectivity index (χ3n) is 4.15. The monoisotopic (exact) mass is 301 g/mol. The van der Waals surface area contributed by atoms with Gasteiger partial charge in [-0.1, -0.05) is 48.0 Å². The van der Waals surface area contributed by atoms with Crippen molar-refractivity contribution in [1.82, 2.24) is 0 Å². The highest BCUT2D eigenvalue weighted by atomic mass is 35.5. The molecule has 2 N–H and O–H groups in total. The molecule has 1 aliphatic carbocycles. The van der Waals surface area contributed by atoms with Gasteiger partial charge in [-0.2, -0.15) is 0 Å². The number of hydrogen-bond acceptors (Lipinski definition) is 1. The van der Waals surface area contributed by atoms with Crippen molar-refractivity contribution in [1.29, 1.82) is 0 Å². The van der Waals surface area contributed by atoms with Crippen LogP contribution in [0.5, 0.6) is 0 Å². The molecule has 108 valence electrons. The molecular weight excluding hydrogens is 285 g/mol. The molecule has 0 fully saturated rings. The van der Waals surface area contributed by atoms with Gasteiger partial charge in [0.05, 0.1) is 10.7 Å². The highest BCUT2D eigenvalue weighted by Gasteiger charge is 2.20. The van der Waals surface area contributed by atoms with Crippen LogP contribution in [0.25, 0.3) is 5.57 Å². The molecule has 0 amide bonds. The van der Waals surface area contributed by atoms with Crippen LogP contribution in [0.2, 0.25) is 5.02 Å². The van der Waals surface area contributed by atoms with Crippen molar-refractivity contribution in [3.8, 4) is 0 Å². The number of allylic oxidation sites excluding steroid dienone is 2. The van der Waals surface area contributed by atoms with Gasteiger partial charge in [0.2, 0.25) is 0 Å². The Kier molecular flexibility index (Phi) is 3.98. The molecule has 2 aromatic carbocycles. The summed E-state index contributed by atoms with van der Waals surface area (Å²) in [5.41, 5.74) is 9.72. The van der Waals surface area contributed by atoms with Gasteiger partial charge in [-0.3, -0.25) is 0 Å². The zero-order valence-corrected chi connectivity index (χ0v) is 12.4. The van der Waals surface area contributed by atoms with Crippen LogP contribution in [-0.4, -0.2) is 0 Å². The third kappa shape index (κ3) is 2.81. The number of para-hydroxylation sites is 1. The number of rotatable bonds is 2. The van der Waals surface area contributed by atoms with Crippen LogP contribution in [0.1, 0.15) is 36.3 Å². The molecule has 0 saturated heterocycles. The van der Waals surface area contributed by atoms with E-state index in [2.05, 4.69) is 6.08 Å². The second kappa shape index (κ2) is 5.90. The number of halogens is 2. The van der Waals surface area contributed by atoms with Crippen LogP contribution >= 0.6 is 11.6 Å². The molecule has 3 rings (SSSR count). The smallest absolute Gasteiger partial charge is 0.126 e. The Bertz CT molecular complexity index is 693. The molecule has 0 aromatic heterocycles. The highest BCUT2D eigenvalue weighted by molar-refractivity contribution is 6.33. The van der Waals surface area contributed by atoms with E-state index in [1.165, 1.54) is 11.6 Å². The van der Waals surface area contributed by atoms with Crippen LogP contribution in [0.15, 0.2) is 48.5 Å². The summed E-state index contributed by atoms with van der Waals surface area (Å²) < 4.78 is 13.9. The summed E-state index contributed by atoms with van der Waals surface area (Å²) in [6, 6.07) is 12.7. The van der Waals surface area contributed by atoms with Gasteiger partial charge in [-0.05, 0) is 48.4 Å². The van der Waals surface area contributed by atoms with Crippen LogP contribution in [0, 0.1) is 5.82 Å². The molecule has 0 saturated carbocycles. The summed E-state index contributed by atoms with van der Waals surface area (Å²) in [6.07, 6.45) is 4.83. The Balaban J connectivity index is 1.84. The summed E-state index contributed by atoms with van der Waals surface area (Å²) in [7, 11) is 0. The van der Waals surface area contributed by atoms with Crippen molar-refractivity contribution in [2.24, 2.45) is 0 Å². The molecule has 0 heterocycles. The zero-order chi connectivity index (χ0) is 14.8. The van der Waals surface area contributed by atoms with Crippen molar-refractivity contribution in [3.63, 3.8) is 0 Å². The molecule has 0 aliphatic heterocycles. The quantitative estimate of drug-likeness (QED) is 0.737. The van der Waals surface area contributed by atoms with E-state index < -0.39 is 0 Å². The average molecular weight is 302 g/mol. The number of nitrogens with two attached hydrogens (primary N) is 1. The normalized spacial score (nSPS) is 18.4. The van der Waals surface area contributed by atoms with Gasteiger partial charge >= 0.3 is 0 Å². The minimum atomic E-state index is -0.110. The average Bonchev–Trinajstić information content (AvgIpc) is 2.51. The van der Waals surface area contributed by atoms with Gasteiger partial charge in [0.25, 0.3) is 0 Å². The molecule has 2 aromatic rings. The van der Waals surface area contributed by atoms with Gasteiger partial charge in [0.15, 0.2) is 0 Å². The Labute approximate surface area is 129 Å². The van der Waals surface area contributed by atoms with Crippen molar-refractivity contribution in [3.05, 3.63) is 70.5 Å². The van der Waals surface area contributed by atoms with Gasteiger partial charge in [0.1, 0.15) is 5.82 Å².